The van der Waals surface area contributed by atoms with Crippen LogP contribution in [0.1, 0.15) is 16.7 Å². The summed E-state index contributed by atoms with van der Waals surface area (Å²) in [4.78, 5) is 7.80. The number of rotatable bonds is 4. The number of nitrogens with one attached hydrogen (secondary N) is 1. The summed E-state index contributed by atoms with van der Waals surface area (Å²) in [6, 6.07) is 18.7. The van der Waals surface area contributed by atoms with Crippen molar-refractivity contribution >= 4 is 22.8 Å². The number of benzene rings is 2. The Morgan fingerprint density at radius 2 is 1.88 bits per heavy atom. The zero-order valence-electron chi connectivity index (χ0n) is 14.7. The summed E-state index contributed by atoms with van der Waals surface area (Å²) in [7, 11) is 0. The lowest BCUT2D eigenvalue weighted by molar-refractivity contribution is 1.26. The maximum Gasteiger partial charge on any atom is 0.137 e. The van der Waals surface area contributed by atoms with Gasteiger partial charge in [-0.2, -0.15) is 0 Å². The molecule has 0 aliphatic rings. The van der Waals surface area contributed by atoms with Crippen LogP contribution in [-0.2, 0) is 6.42 Å². The van der Waals surface area contributed by atoms with Crippen LogP contribution in [0, 0.1) is 6.92 Å². The number of nitrogen functional groups attached to an aromatic ring is 1. The number of aromatic amines is 1. The highest BCUT2D eigenvalue weighted by Gasteiger charge is 2.06. The molecule has 0 aliphatic carbocycles. The van der Waals surface area contributed by atoms with Crippen LogP contribution in [-0.4, -0.2) is 9.97 Å². The van der Waals surface area contributed by atoms with E-state index in [1.807, 2.05) is 30.6 Å². The highest BCUT2D eigenvalue weighted by Crippen LogP contribution is 2.26. The summed E-state index contributed by atoms with van der Waals surface area (Å²) in [6.07, 6.45) is 9.15. The summed E-state index contributed by atoms with van der Waals surface area (Å²) >= 11 is 0. The molecule has 0 radical (unpaired) electrons. The first-order chi connectivity index (χ1) is 12.7. The van der Waals surface area contributed by atoms with Gasteiger partial charge in [-0.3, -0.25) is 0 Å². The topological polar surface area (TPSA) is 54.7 Å². The van der Waals surface area contributed by atoms with Crippen molar-refractivity contribution in [1.29, 1.82) is 0 Å². The molecule has 3 nitrogen and oxygen atoms in total. The van der Waals surface area contributed by atoms with E-state index in [4.69, 9.17) is 5.73 Å². The standard InChI is InChI=1S/C23H21N3/c1-16-8-10-17(11-9-16)4-2-6-19-14-25-23-22(19)13-20(15-26-23)18-5-3-7-21(24)12-18/h2-3,5-15H,4,24H2,1H3,(H,25,26)/b6-2+. The van der Waals surface area contributed by atoms with Crippen LogP contribution in [0.5, 0.6) is 0 Å². The number of aryl methyl sites for hydroxylation is 1. The van der Waals surface area contributed by atoms with Crippen LogP contribution < -0.4 is 5.73 Å². The first kappa shape index (κ1) is 16.2. The van der Waals surface area contributed by atoms with Gasteiger partial charge in [0.1, 0.15) is 5.65 Å². The Bertz CT molecular complexity index is 1070. The predicted octanol–water partition coefficient (Wildman–Crippen LogP) is 5.38. The van der Waals surface area contributed by atoms with Crippen molar-refractivity contribution in [1.82, 2.24) is 9.97 Å². The van der Waals surface area contributed by atoms with Gasteiger partial charge in [0.25, 0.3) is 0 Å². The minimum Gasteiger partial charge on any atom is -0.399 e. The van der Waals surface area contributed by atoms with Crippen LogP contribution in [0.25, 0.3) is 28.2 Å². The maximum atomic E-state index is 5.91. The fourth-order valence-electron chi connectivity index (χ4n) is 3.08. The molecule has 0 amide bonds. The van der Waals surface area contributed by atoms with E-state index < -0.39 is 0 Å². The molecule has 4 aromatic rings. The van der Waals surface area contributed by atoms with Crippen molar-refractivity contribution < 1.29 is 0 Å². The van der Waals surface area contributed by atoms with Gasteiger partial charge in [-0.25, -0.2) is 4.98 Å². The summed E-state index contributed by atoms with van der Waals surface area (Å²) in [5.74, 6) is 0. The van der Waals surface area contributed by atoms with Crippen molar-refractivity contribution in [2.75, 3.05) is 5.73 Å². The molecule has 0 fully saturated rings. The number of H-pyrrole nitrogens is 1. The van der Waals surface area contributed by atoms with Crippen molar-refractivity contribution in [2.24, 2.45) is 0 Å². The summed E-state index contributed by atoms with van der Waals surface area (Å²) in [6.45, 7) is 2.11. The average Bonchev–Trinajstić information content (AvgIpc) is 3.06. The molecule has 2 aromatic carbocycles. The zero-order valence-corrected chi connectivity index (χ0v) is 14.7. The lowest BCUT2D eigenvalue weighted by Crippen LogP contribution is -1.86. The van der Waals surface area contributed by atoms with Crippen LogP contribution in [0.2, 0.25) is 0 Å². The molecule has 3 N–H and O–H groups in total. The number of nitrogens with zero attached hydrogens (tertiary/aromatic N) is 1. The molecule has 0 spiro atoms. The van der Waals surface area contributed by atoms with Crippen molar-refractivity contribution in [2.45, 2.75) is 13.3 Å². The van der Waals surface area contributed by atoms with Crippen LogP contribution in [0.3, 0.4) is 0 Å². The largest absolute Gasteiger partial charge is 0.399 e. The van der Waals surface area contributed by atoms with Gasteiger partial charge in [-0.15, -0.1) is 0 Å². The van der Waals surface area contributed by atoms with E-state index in [0.717, 1.165) is 39.8 Å². The molecule has 0 unspecified atom stereocenters. The van der Waals surface area contributed by atoms with E-state index in [1.54, 1.807) is 0 Å². The molecule has 3 heteroatoms. The molecule has 0 atom stereocenters. The number of aromatic nitrogens is 2. The smallest absolute Gasteiger partial charge is 0.137 e. The third kappa shape index (κ3) is 3.38. The van der Waals surface area contributed by atoms with Gasteiger partial charge in [-0.05, 0) is 42.7 Å². The molecule has 0 bridgehead atoms. The summed E-state index contributed by atoms with van der Waals surface area (Å²) in [5.41, 5.74) is 13.5. The number of fused-ring (bicyclic) bond motifs is 1. The van der Waals surface area contributed by atoms with Crippen LogP contribution in [0.15, 0.2) is 73.1 Å². The summed E-state index contributed by atoms with van der Waals surface area (Å²) in [5, 5.41) is 1.12. The van der Waals surface area contributed by atoms with Crippen molar-refractivity contribution in [3.05, 3.63) is 89.8 Å². The molecule has 2 aromatic heterocycles. The molecule has 0 saturated carbocycles. The molecule has 2 heterocycles. The Labute approximate surface area is 153 Å². The van der Waals surface area contributed by atoms with E-state index >= 15 is 0 Å². The molecular formula is C23H21N3. The number of hydrogen-bond acceptors (Lipinski definition) is 2. The Morgan fingerprint density at radius 3 is 2.69 bits per heavy atom. The first-order valence-corrected chi connectivity index (χ1v) is 8.74. The number of hydrogen-bond donors (Lipinski definition) is 2. The highest BCUT2D eigenvalue weighted by atomic mass is 14.8. The molecule has 128 valence electrons. The third-order valence-electron chi connectivity index (χ3n) is 4.55. The monoisotopic (exact) mass is 339 g/mol. The quantitative estimate of drug-likeness (QED) is 0.491. The minimum atomic E-state index is 0.759. The normalized spacial score (nSPS) is 11.4. The Morgan fingerprint density at radius 1 is 1.04 bits per heavy atom. The number of allylic oxidation sites excluding steroid dienone is 1. The van der Waals surface area contributed by atoms with Crippen molar-refractivity contribution in [3.63, 3.8) is 0 Å². The van der Waals surface area contributed by atoms with E-state index in [9.17, 15) is 0 Å². The molecule has 0 aliphatic heterocycles. The fourth-order valence-corrected chi connectivity index (χ4v) is 3.08. The van der Waals surface area contributed by atoms with Crippen molar-refractivity contribution in [3.8, 4) is 11.1 Å². The molecule has 26 heavy (non-hydrogen) atoms. The van der Waals surface area contributed by atoms with E-state index in [0.29, 0.717) is 0 Å². The second-order valence-electron chi connectivity index (χ2n) is 6.58. The number of pyridine rings is 1. The van der Waals surface area contributed by atoms with Crippen LogP contribution >= 0.6 is 0 Å². The zero-order chi connectivity index (χ0) is 17.9. The minimum absolute atomic E-state index is 0.759. The highest BCUT2D eigenvalue weighted by molar-refractivity contribution is 5.89. The Kier molecular flexibility index (Phi) is 4.28. The van der Waals surface area contributed by atoms with Crippen LogP contribution in [0.4, 0.5) is 5.69 Å². The lowest BCUT2D eigenvalue weighted by atomic mass is 10.0. The number of nitrogens with two attached hydrogens (primary N) is 1. The lowest BCUT2D eigenvalue weighted by Gasteiger charge is -2.03. The van der Waals surface area contributed by atoms with Gasteiger partial charge < -0.3 is 10.7 Å². The predicted molar refractivity (Wildman–Crippen MR) is 110 cm³/mol. The molecular weight excluding hydrogens is 318 g/mol. The molecule has 4 rings (SSSR count). The fraction of sp³-hybridized carbons (Fsp3) is 0.0870. The van der Waals surface area contributed by atoms with E-state index in [1.165, 1.54) is 11.1 Å². The maximum absolute atomic E-state index is 5.91. The second-order valence-corrected chi connectivity index (χ2v) is 6.58. The Hall–Kier alpha value is -3.33. The Balaban J connectivity index is 1.62. The van der Waals surface area contributed by atoms with Gasteiger partial charge in [0.15, 0.2) is 0 Å². The van der Waals surface area contributed by atoms with Gasteiger partial charge in [-0.1, -0.05) is 54.1 Å². The second kappa shape index (κ2) is 6.89. The van der Waals surface area contributed by atoms with Gasteiger partial charge in [0, 0.05) is 34.6 Å². The SMILES string of the molecule is Cc1ccc(C/C=C/c2c[nH]c3ncc(-c4cccc(N)c4)cc23)cc1. The molecule has 0 saturated heterocycles. The van der Waals surface area contributed by atoms with Gasteiger partial charge in [0.2, 0.25) is 0 Å². The average molecular weight is 339 g/mol. The third-order valence-corrected chi connectivity index (χ3v) is 4.55. The van der Waals surface area contributed by atoms with E-state index in [2.05, 4.69) is 65.4 Å². The first-order valence-electron chi connectivity index (χ1n) is 8.74. The van der Waals surface area contributed by atoms with Gasteiger partial charge >= 0.3 is 0 Å². The van der Waals surface area contributed by atoms with E-state index in [-0.39, 0.29) is 0 Å². The number of anilines is 1. The summed E-state index contributed by atoms with van der Waals surface area (Å²) < 4.78 is 0. The van der Waals surface area contributed by atoms with Gasteiger partial charge in [0.05, 0.1) is 0 Å².